The first-order valence-corrected chi connectivity index (χ1v) is 11.1. The lowest BCUT2D eigenvalue weighted by Gasteiger charge is -2.35. The Bertz CT molecular complexity index is 1190. The number of benzene rings is 1. The number of aliphatic hydroxyl groups is 1. The second-order valence-electron chi connectivity index (χ2n) is 8.37. The number of rotatable bonds is 7. The molecule has 32 heavy (non-hydrogen) atoms. The number of nitrogens with zero attached hydrogens (tertiary/aromatic N) is 4. The smallest absolute Gasteiger partial charge is 0.121 e. The van der Waals surface area contributed by atoms with E-state index in [-0.39, 0.29) is 12.6 Å². The fraction of sp³-hybridized carbons (Fsp3) is 0.320. The van der Waals surface area contributed by atoms with E-state index in [9.17, 15) is 5.11 Å². The minimum absolute atomic E-state index is 0.0874. The molecule has 1 aliphatic rings. The van der Waals surface area contributed by atoms with Crippen LogP contribution in [0.3, 0.4) is 0 Å². The minimum atomic E-state index is -0.0874. The highest BCUT2D eigenvalue weighted by Gasteiger charge is 2.28. The number of imidazole rings is 1. The Hall–Kier alpha value is -3.13. The van der Waals surface area contributed by atoms with Gasteiger partial charge < -0.3 is 15.8 Å². The van der Waals surface area contributed by atoms with Crippen LogP contribution in [0.25, 0.3) is 11.0 Å². The Morgan fingerprint density at radius 1 is 1.09 bits per heavy atom. The van der Waals surface area contributed by atoms with Crippen LogP contribution in [0.1, 0.15) is 52.8 Å². The molecule has 7 nitrogen and oxygen atoms in total. The van der Waals surface area contributed by atoms with Crippen molar-refractivity contribution in [3.8, 4) is 0 Å². The van der Waals surface area contributed by atoms with Gasteiger partial charge in [0, 0.05) is 25.5 Å². The summed E-state index contributed by atoms with van der Waals surface area (Å²) in [6, 6.07) is 14.4. The lowest BCUT2D eigenvalue weighted by Crippen LogP contribution is -2.32. The molecule has 0 fully saturated rings. The van der Waals surface area contributed by atoms with Gasteiger partial charge in [0.1, 0.15) is 5.82 Å². The maximum Gasteiger partial charge on any atom is 0.121 e. The van der Waals surface area contributed by atoms with Crippen molar-refractivity contribution in [2.24, 2.45) is 5.73 Å². The van der Waals surface area contributed by atoms with Gasteiger partial charge in [-0.05, 0) is 60.2 Å². The average Bonchev–Trinajstić information content (AvgIpc) is 3.26. The second-order valence-corrected chi connectivity index (χ2v) is 8.37. The van der Waals surface area contributed by atoms with Crippen LogP contribution in [0.2, 0.25) is 0 Å². The van der Waals surface area contributed by atoms with Crippen LogP contribution in [-0.2, 0) is 32.7 Å². The number of H-pyrrole nitrogens is 1. The molecule has 5 rings (SSSR count). The molecule has 1 atom stereocenters. The summed E-state index contributed by atoms with van der Waals surface area (Å²) < 4.78 is 0. The fourth-order valence-corrected chi connectivity index (χ4v) is 4.70. The molecular weight excluding hydrogens is 400 g/mol. The monoisotopic (exact) mass is 428 g/mol. The molecule has 1 aromatic carbocycles. The van der Waals surface area contributed by atoms with E-state index in [1.165, 1.54) is 5.56 Å². The summed E-state index contributed by atoms with van der Waals surface area (Å²) in [4.78, 5) is 19.9. The topological polar surface area (TPSA) is 104 Å². The average molecular weight is 429 g/mol. The van der Waals surface area contributed by atoms with E-state index in [1.54, 1.807) is 0 Å². The molecule has 4 N–H and O–H groups in total. The van der Waals surface area contributed by atoms with E-state index in [2.05, 4.69) is 27.0 Å². The van der Waals surface area contributed by atoms with Crippen LogP contribution in [0.5, 0.6) is 0 Å². The molecular formula is C25H28N6O. The Labute approximate surface area is 187 Å². The van der Waals surface area contributed by atoms with Gasteiger partial charge in [0.05, 0.1) is 41.6 Å². The zero-order valence-electron chi connectivity index (χ0n) is 18.0. The van der Waals surface area contributed by atoms with Crippen LogP contribution >= 0.6 is 0 Å². The van der Waals surface area contributed by atoms with Crippen molar-refractivity contribution >= 4 is 11.0 Å². The van der Waals surface area contributed by atoms with Crippen LogP contribution in [0.4, 0.5) is 0 Å². The molecule has 0 spiro atoms. The molecule has 1 aliphatic carbocycles. The zero-order valence-corrected chi connectivity index (χ0v) is 18.0. The molecule has 7 heteroatoms. The number of aromatic amines is 1. The van der Waals surface area contributed by atoms with Crippen LogP contribution < -0.4 is 5.73 Å². The van der Waals surface area contributed by atoms with Crippen molar-refractivity contribution < 1.29 is 5.11 Å². The summed E-state index contributed by atoms with van der Waals surface area (Å²) in [7, 11) is 0. The van der Waals surface area contributed by atoms with Crippen molar-refractivity contribution in [1.82, 2.24) is 24.8 Å². The Kier molecular flexibility index (Phi) is 5.94. The molecule has 0 bridgehead atoms. The normalized spacial score (nSPS) is 15.9. The number of hydrogen-bond donors (Lipinski definition) is 3. The van der Waals surface area contributed by atoms with Gasteiger partial charge in [0.25, 0.3) is 0 Å². The highest BCUT2D eigenvalue weighted by Crippen LogP contribution is 2.35. The third-order valence-corrected chi connectivity index (χ3v) is 6.29. The van der Waals surface area contributed by atoms with E-state index >= 15 is 0 Å². The summed E-state index contributed by atoms with van der Waals surface area (Å²) >= 11 is 0. The standard InChI is InChI=1S/C25H28N6O/c26-12-18-11-20(16-32)28-13-19(18)14-31(15-24-29-21-7-1-2-8-22(21)30-24)23-9-3-5-17-6-4-10-27-25(17)23/h1-2,4,6-8,10-11,13,23,32H,3,5,9,12,14-16,26H2,(H,29,30). The molecule has 3 aromatic heterocycles. The zero-order chi connectivity index (χ0) is 21.9. The van der Waals surface area contributed by atoms with Crippen LogP contribution in [0, 0.1) is 0 Å². The quantitative estimate of drug-likeness (QED) is 0.417. The molecule has 3 heterocycles. The van der Waals surface area contributed by atoms with Gasteiger partial charge in [-0.15, -0.1) is 0 Å². The van der Waals surface area contributed by atoms with Crippen molar-refractivity contribution in [3.63, 3.8) is 0 Å². The Balaban J connectivity index is 1.52. The number of aromatic nitrogens is 4. The third kappa shape index (κ3) is 4.14. The molecule has 0 amide bonds. The number of pyridine rings is 2. The highest BCUT2D eigenvalue weighted by molar-refractivity contribution is 5.74. The van der Waals surface area contributed by atoms with Crippen LogP contribution in [-0.4, -0.2) is 29.9 Å². The van der Waals surface area contributed by atoms with E-state index < -0.39 is 0 Å². The van der Waals surface area contributed by atoms with Crippen molar-refractivity contribution in [2.75, 3.05) is 0 Å². The summed E-state index contributed by atoms with van der Waals surface area (Å²) in [5.74, 6) is 0.934. The molecule has 164 valence electrons. The van der Waals surface area contributed by atoms with Crippen molar-refractivity contribution in [2.45, 2.75) is 51.5 Å². The largest absolute Gasteiger partial charge is 0.390 e. The second kappa shape index (κ2) is 9.16. The van der Waals surface area contributed by atoms with E-state index in [4.69, 9.17) is 15.7 Å². The van der Waals surface area contributed by atoms with E-state index in [0.717, 1.165) is 52.9 Å². The molecule has 0 saturated heterocycles. The number of para-hydroxylation sites is 2. The molecule has 0 saturated carbocycles. The number of aryl methyl sites for hydroxylation is 1. The van der Waals surface area contributed by atoms with Crippen molar-refractivity contribution in [1.29, 1.82) is 0 Å². The third-order valence-electron chi connectivity index (χ3n) is 6.29. The number of nitrogens with one attached hydrogen (secondary N) is 1. The molecule has 0 aliphatic heterocycles. The minimum Gasteiger partial charge on any atom is -0.390 e. The Morgan fingerprint density at radius 2 is 2.00 bits per heavy atom. The molecule has 4 aromatic rings. The van der Waals surface area contributed by atoms with Gasteiger partial charge in [0.2, 0.25) is 0 Å². The number of fused-ring (bicyclic) bond motifs is 2. The van der Waals surface area contributed by atoms with Crippen molar-refractivity contribution in [3.05, 3.63) is 88.8 Å². The van der Waals surface area contributed by atoms with Gasteiger partial charge in [-0.25, -0.2) is 4.98 Å². The predicted molar refractivity (Wildman–Crippen MR) is 123 cm³/mol. The number of hydrogen-bond acceptors (Lipinski definition) is 6. The first-order chi connectivity index (χ1) is 15.7. The predicted octanol–water partition coefficient (Wildman–Crippen LogP) is 3.38. The van der Waals surface area contributed by atoms with Crippen LogP contribution in [0.15, 0.2) is 54.9 Å². The molecule has 0 radical (unpaired) electrons. The summed E-state index contributed by atoms with van der Waals surface area (Å²) in [6.07, 6.45) is 6.98. The summed E-state index contributed by atoms with van der Waals surface area (Å²) in [5.41, 5.74) is 13.3. The maximum absolute atomic E-state index is 9.47. The lowest BCUT2D eigenvalue weighted by atomic mass is 9.90. The first-order valence-electron chi connectivity index (χ1n) is 11.1. The maximum atomic E-state index is 9.47. The SMILES string of the molecule is NCc1cc(CO)ncc1CN(Cc1nc2ccccc2[nH]1)C1CCCc2cccnc21. The first kappa shape index (κ1) is 20.8. The Morgan fingerprint density at radius 3 is 2.84 bits per heavy atom. The highest BCUT2D eigenvalue weighted by atomic mass is 16.3. The number of aliphatic hydroxyl groups excluding tert-OH is 1. The lowest BCUT2D eigenvalue weighted by molar-refractivity contribution is 0.153. The van der Waals surface area contributed by atoms with E-state index in [0.29, 0.717) is 25.3 Å². The van der Waals surface area contributed by atoms with Gasteiger partial charge in [-0.3, -0.25) is 14.9 Å². The van der Waals surface area contributed by atoms with E-state index in [1.807, 2.05) is 42.7 Å². The van der Waals surface area contributed by atoms with Gasteiger partial charge in [-0.2, -0.15) is 0 Å². The van der Waals surface area contributed by atoms with Gasteiger partial charge >= 0.3 is 0 Å². The number of nitrogens with two attached hydrogens (primary N) is 1. The summed E-state index contributed by atoms with van der Waals surface area (Å²) in [6.45, 7) is 1.67. The summed E-state index contributed by atoms with van der Waals surface area (Å²) in [5, 5.41) is 9.47. The van der Waals surface area contributed by atoms with Gasteiger partial charge in [-0.1, -0.05) is 18.2 Å². The molecule has 1 unspecified atom stereocenters. The fourth-order valence-electron chi connectivity index (χ4n) is 4.70. The van der Waals surface area contributed by atoms with Gasteiger partial charge in [0.15, 0.2) is 0 Å².